The zero-order valence-electron chi connectivity index (χ0n) is 16.3. The van der Waals surface area contributed by atoms with E-state index in [-0.39, 0.29) is 11.5 Å². The molecule has 1 unspecified atom stereocenters. The van der Waals surface area contributed by atoms with E-state index in [1.165, 1.54) is 0 Å². The fourth-order valence-electron chi connectivity index (χ4n) is 4.22. The van der Waals surface area contributed by atoms with Gasteiger partial charge in [-0.2, -0.15) is 5.10 Å². The molecule has 1 atom stereocenters. The molecule has 1 fully saturated rings. The van der Waals surface area contributed by atoms with Gasteiger partial charge < -0.3 is 9.64 Å². The Hall–Kier alpha value is -2.81. The van der Waals surface area contributed by atoms with E-state index in [0.29, 0.717) is 13.2 Å². The third kappa shape index (κ3) is 2.53. The van der Waals surface area contributed by atoms with Crippen molar-refractivity contribution in [3.63, 3.8) is 0 Å². The summed E-state index contributed by atoms with van der Waals surface area (Å²) in [4.78, 5) is 28.9. The first-order valence-corrected chi connectivity index (χ1v) is 9.63. The Morgan fingerprint density at radius 2 is 2.07 bits per heavy atom. The largest absolute Gasteiger partial charge is 0.381 e. The van der Waals surface area contributed by atoms with Gasteiger partial charge >= 0.3 is 0 Å². The fraction of sp³-hybridized carbons (Fsp3) is 0.526. The van der Waals surface area contributed by atoms with Crippen LogP contribution in [-0.2, 0) is 24.8 Å². The van der Waals surface area contributed by atoms with Gasteiger partial charge in [0, 0.05) is 32.5 Å². The second-order valence-electron chi connectivity index (χ2n) is 7.57. The highest BCUT2D eigenvalue weighted by atomic mass is 16.5. The van der Waals surface area contributed by atoms with Gasteiger partial charge in [-0.05, 0) is 20.3 Å². The van der Waals surface area contributed by atoms with Crippen LogP contribution in [0.1, 0.15) is 40.9 Å². The molecular weight excluding hydrogens is 358 g/mol. The molecule has 0 aliphatic carbocycles. The molecule has 5 heterocycles. The topological polar surface area (TPSA) is 90.4 Å². The molecule has 0 saturated carbocycles. The van der Waals surface area contributed by atoms with Crippen molar-refractivity contribution in [2.75, 3.05) is 24.7 Å². The van der Waals surface area contributed by atoms with Crippen LogP contribution in [0.4, 0.5) is 5.82 Å². The lowest BCUT2D eigenvalue weighted by Crippen LogP contribution is -2.38. The normalized spacial score (nSPS) is 19.4. The molecule has 0 N–H and O–H groups in total. The molecule has 0 aromatic carbocycles. The standard InChI is InChI=1S/C19H23N7O2/c1-11-22-15-4-6-25(8-14(15)19(27)24(11)3)18-17-16(13-5-7-28-9-13)23-12(2)26(17)21-10-20-18/h10,13H,4-9H2,1-3H3. The van der Waals surface area contributed by atoms with Crippen molar-refractivity contribution in [3.8, 4) is 0 Å². The minimum atomic E-state index is 0.0198. The second-order valence-corrected chi connectivity index (χ2v) is 7.57. The zero-order valence-corrected chi connectivity index (χ0v) is 16.3. The summed E-state index contributed by atoms with van der Waals surface area (Å²) in [5.41, 5.74) is 3.59. The Morgan fingerprint density at radius 1 is 1.21 bits per heavy atom. The second kappa shape index (κ2) is 6.37. The van der Waals surface area contributed by atoms with Crippen molar-refractivity contribution in [1.82, 2.24) is 29.1 Å². The Balaban J connectivity index is 1.62. The van der Waals surface area contributed by atoms with Crippen LogP contribution in [0.5, 0.6) is 0 Å². The maximum absolute atomic E-state index is 12.8. The third-order valence-electron chi connectivity index (χ3n) is 5.88. The summed E-state index contributed by atoms with van der Waals surface area (Å²) in [7, 11) is 1.77. The fourth-order valence-corrected chi connectivity index (χ4v) is 4.22. The van der Waals surface area contributed by atoms with Crippen LogP contribution in [0.3, 0.4) is 0 Å². The predicted octanol–water partition coefficient (Wildman–Crippen LogP) is 0.901. The lowest BCUT2D eigenvalue weighted by atomic mass is 10.0. The Kier molecular flexibility index (Phi) is 3.94. The molecule has 3 aromatic rings. The summed E-state index contributed by atoms with van der Waals surface area (Å²) in [5, 5.41) is 4.41. The molecule has 0 spiro atoms. The predicted molar refractivity (Wildman–Crippen MR) is 103 cm³/mol. The van der Waals surface area contributed by atoms with Gasteiger partial charge in [0.25, 0.3) is 5.56 Å². The molecule has 2 aliphatic heterocycles. The highest BCUT2D eigenvalue weighted by Gasteiger charge is 2.29. The van der Waals surface area contributed by atoms with Gasteiger partial charge in [0.05, 0.1) is 30.1 Å². The van der Waals surface area contributed by atoms with Gasteiger partial charge in [-0.3, -0.25) is 9.36 Å². The first-order chi connectivity index (χ1) is 13.5. The Labute approximate surface area is 162 Å². The van der Waals surface area contributed by atoms with Crippen molar-refractivity contribution >= 4 is 11.3 Å². The van der Waals surface area contributed by atoms with E-state index < -0.39 is 0 Å². The SMILES string of the molecule is Cc1nc2c(c(=O)n1C)CN(c1ncnn3c(C)nc(C4CCOC4)c13)CC2. The van der Waals surface area contributed by atoms with E-state index in [2.05, 4.69) is 20.0 Å². The molecule has 5 rings (SSSR count). The summed E-state index contributed by atoms with van der Waals surface area (Å²) in [6, 6.07) is 0. The zero-order chi connectivity index (χ0) is 19.4. The highest BCUT2D eigenvalue weighted by molar-refractivity contribution is 5.73. The first kappa shape index (κ1) is 17.3. The minimum absolute atomic E-state index is 0.0198. The number of rotatable bonds is 2. The van der Waals surface area contributed by atoms with Gasteiger partial charge in [0.2, 0.25) is 0 Å². The van der Waals surface area contributed by atoms with Crippen molar-refractivity contribution < 1.29 is 4.74 Å². The molecule has 28 heavy (non-hydrogen) atoms. The molecule has 0 bridgehead atoms. The van der Waals surface area contributed by atoms with Gasteiger partial charge in [-0.15, -0.1) is 0 Å². The van der Waals surface area contributed by atoms with Crippen LogP contribution < -0.4 is 10.5 Å². The van der Waals surface area contributed by atoms with Gasteiger partial charge in [-0.1, -0.05) is 0 Å². The van der Waals surface area contributed by atoms with Crippen molar-refractivity contribution in [1.29, 1.82) is 0 Å². The maximum Gasteiger partial charge on any atom is 0.258 e. The van der Waals surface area contributed by atoms with E-state index in [9.17, 15) is 4.79 Å². The molecule has 9 nitrogen and oxygen atoms in total. The third-order valence-corrected chi connectivity index (χ3v) is 5.88. The van der Waals surface area contributed by atoms with E-state index in [1.54, 1.807) is 17.9 Å². The summed E-state index contributed by atoms with van der Waals surface area (Å²) in [5.74, 6) is 2.66. The van der Waals surface area contributed by atoms with Crippen LogP contribution in [0, 0.1) is 13.8 Å². The summed E-state index contributed by atoms with van der Waals surface area (Å²) < 4.78 is 9.06. The lowest BCUT2D eigenvalue weighted by Gasteiger charge is -2.29. The average molecular weight is 381 g/mol. The van der Waals surface area contributed by atoms with Gasteiger partial charge in [-0.25, -0.2) is 19.5 Å². The summed E-state index contributed by atoms with van der Waals surface area (Å²) in [6.07, 6.45) is 3.23. The number of fused-ring (bicyclic) bond motifs is 2. The molecule has 146 valence electrons. The first-order valence-electron chi connectivity index (χ1n) is 9.63. The van der Waals surface area contributed by atoms with E-state index in [4.69, 9.17) is 9.72 Å². The Morgan fingerprint density at radius 3 is 2.86 bits per heavy atom. The van der Waals surface area contributed by atoms with Crippen LogP contribution in [0.25, 0.3) is 5.52 Å². The number of nitrogens with zero attached hydrogens (tertiary/aromatic N) is 7. The van der Waals surface area contributed by atoms with Crippen LogP contribution in [0.15, 0.2) is 11.1 Å². The number of hydrogen-bond donors (Lipinski definition) is 0. The van der Waals surface area contributed by atoms with Crippen molar-refractivity contribution in [2.24, 2.45) is 7.05 Å². The number of hydrogen-bond acceptors (Lipinski definition) is 7. The van der Waals surface area contributed by atoms with Crippen molar-refractivity contribution in [3.05, 3.63) is 45.3 Å². The number of imidazole rings is 1. The van der Waals surface area contributed by atoms with E-state index in [1.807, 2.05) is 18.4 Å². The van der Waals surface area contributed by atoms with Gasteiger partial charge in [0.15, 0.2) is 5.82 Å². The smallest absolute Gasteiger partial charge is 0.258 e. The number of anilines is 1. The van der Waals surface area contributed by atoms with Crippen LogP contribution in [-0.4, -0.2) is 48.9 Å². The quantitative estimate of drug-likeness (QED) is 0.651. The number of aryl methyl sites for hydroxylation is 2. The van der Waals surface area contributed by atoms with Crippen molar-refractivity contribution in [2.45, 2.75) is 39.2 Å². The molecular formula is C19H23N7O2. The highest BCUT2D eigenvalue weighted by Crippen LogP contribution is 2.33. The van der Waals surface area contributed by atoms with E-state index >= 15 is 0 Å². The molecule has 0 radical (unpaired) electrons. The molecule has 1 saturated heterocycles. The summed E-state index contributed by atoms with van der Waals surface area (Å²) in [6.45, 7) is 6.50. The van der Waals surface area contributed by atoms with Crippen LogP contribution >= 0.6 is 0 Å². The Bertz CT molecular complexity index is 1130. The molecule has 0 amide bonds. The maximum atomic E-state index is 12.8. The average Bonchev–Trinajstić information content (AvgIpc) is 3.34. The van der Waals surface area contributed by atoms with Gasteiger partial charge in [0.1, 0.15) is 23.5 Å². The number of aromatic nitrogens is 6. The minimum Gasteiger partial charge on any atom is -0.381 e. The molecule has 2 aliphatic rings. The monoisotopic (exact) mass is 381 g/mol. The van der Waals surface area contributed by atoms with E-state index in [0.717, 1.165) is 65.9 Å². The molecule has 3 aromatic heterocycles. The molecule has 9 heteroatoms. The van der Waals surface area contributed by atoms with Crippen LogP contribution in [0.2, 0.25) is 0 Å². The summed E-state index contributed by atoms with van der Waals surface area (Å²) >= 11 is 0. The number of ether oxygens (including phenoxy) is 1. The lowest BCUT2D eigenvalue weighted by molar-refractivity contribution is 0.193.